The molecule has 1 aromatic heterocycles. The minimum atomic E-state index is -3.06. The Morgan fingerprint density at radius 2 is 2.00 bits per heavy atom. The van der Waals surface area contributed by atoms with Crippen molar-refractivity contribution in [2.45, 2.75) is 31.1 Å². The van der Waals surface area contributed by atoms with Crippen LogP contribution in [0.1, 0.15) is 24.8 Å². The number of rotatable bonds is 6. The van der Waals surface area contributed by atoms with Crippen LogP contribution in [0, 0.1) is 5.92 Å². The largest absolute Gasteiger partial charge is 0.299 e. The fourth-order valence-electron chi connectivity index (χ4n) is 3.49. The van der Waals surface area contributed by atoms with Gasteiger partial charge in [0.25, 0.3) is 0 Å². The number of sulfonamides is 1. The highest BCUT2D eigenvalue weighted by Gasteiger charge is 2.36. The van der Waals surface area contributed by atoms with Gasteiger partial charge in [0.1, 0.15) is 0 Å². The fraction of sp³-hybridized carbons (Fsp3) is 0.500. The number of hydrogen-bond donors (Lipinski definition) is 1. The van der Waals surface area contributed by atoms with Gasteiger partial charge < -0.3 is 0 Å². The Bertz CT molecular complexity index is 828. The van der Waals surface area contributed by atoms with Crippen LogP contribution in [0.2, 0.25) is 0 Å². The Kier molecular flexibility index (Phi) is 4.28. The molecule has 2 aliphatic rings. The van der Waals surface area contributed by atoms with Crippen molar-refractivity contribution in [3.8, 4) is 0 Å². The van der Waals surface area contributed by atoms with Gasteiger partial charge >= 0.3 is 0 Å². The number of para-hydroxylation sites is 1. The molecule has 24 heavy (non-hydrogen) atoms. The summed E-state index contributed by atoms with van der Waals surface area (Å²) in [7, 11) is -3.06. The Morgan fingerprint density at radius 3 is 2.83 bits per heavy atom. The van der Waals surface area contributed by atoms with E-state index in [0.29, 0.717) is 12.5 Å². The molecule has 2 heterocycles. The molecule has 2 aromatic rings. The summed E-state index contributed by atoms with van der Waals surface area (Å²) in [5.41, 5.74) is 2.32. The molecule has 1 aliphatic carbocycles. The van der Waals surface area contributed by atoms with Gasteiger partial charge in [-0.1, -0.05) is 18.2 Å². The molecule has 0 spiro atoms. The summed E-state index contributed by atoms with van der Waals surface area (Å²) in [6, 6.07) is 10.3. The van der Waals surface area contributed by atoms with Gasteiger partial charge in [-0.2, -0.15) is 0 Å². The van der Waals surface area contributed by atoms with Gasteiger partial charge in [0, 0.05) is 31.2 Å². The molecule has 0 radical (unpaired) electrons. The maximum Gasteiger partial charge on any atom is 0.214 e. The Balaban J connectivity index is 1.36. The maximum absolute atomic E-state index is 11.9. The molecule has 1 aliphatic heterocycles. The van der Waals surface area contributed by atoms with E-state index in [2.05, 4.69) is 26.7 Å². The Morgan fingerprint density at radius 1 is 1.17 bits per heavy atom. The summed E-state index contributed by atoms with van der Waals surface area (Å²) in [5.74, 6) is 0.409. The first kappa shape index (κ1) is 16.0. The number of fused-ring (bicyclic) bond motifs is 1. The zero-order valence-corrected chi connectivity index (χ0v) is 14.5. The minimum Gasteiger partial charge on any atom is -0.299 e. The SMILES string of the molecule is O=S(=O)(NC[C@H]1CCN(Cc2ccnc3ccccc23)C1)C1CC1. The number of benzene rings is 1. The highest BCUT2D eigenvalue weighted by Crippen LogP contribution is 2.28. The van der Waals surface area contributed by atoms with Crippen LogP contribution in [0.3, 0.4) is 0 Å². The number of likely N-dealkylation sites (tertiary alicyclic amines) is 1. The molecule has 1 atom stereocenters. The molecule has 128 valence electrons. The third-order valence-corrected chi connectivity index (χ3v) is 6.96. The number of hydrogen-bond acceptors (Lipinski definition) is 4. The number of aromatic nitrogens is 1. The zero-order chi connectivity index (χ0) is 16.6. The quantitative estimate of drug-likeness (QED) is 0.871. The molecule has 4 rings (SSSR count). The molecule has 1 saturated heterocycles. The van der Waals surface area contributed by atoms with Crippen molar-refractivity contribution in [1.29, 1.82) is 0 Å². The highest BCUT2D eigenvalue weighted by atomic mass is 32.2. The monoisotopic (exact) mass is 345 g/mol. The van der Waals surface area contributed by atoms with Crippen LogP contribution in [0.15, 0.2) is 36.5 Å². The first-order valence-corrected chi connectivity index (χ1v) is 10.2. The molecule has 1 N–H and O–H groups in total. The molecule has 0 amide bonds. The molecule has 2 fully saturated rings. The van der Waals surface area contributed by atoms with E-state index >= 15 is 0 Å². The van der Waals surface area contributed by atoms with E-state index in [1.807, 2.05) is 24.4 Å². The van der Waals surface area contributed by atoms with Gasteiger partial charge in [0.2, 0.25) is 10.0 Å². The summed E-state index contributed by atoms with van der Waals surface area (Å²) in [4.78, 5) is 6.83. The van der Waals surface area contributed by atoms with Crippen molar-refractivity contribution in [3.05, 3.63) is 42.1 Å². The Labute approximate surface area is 143 Å². The first-order valence-electron chi connectivity index (χ1n) is 8.65. The van der Waals surface area contributed by atoms with E-state index in [-0.39, 0.29) is 5.25 Å². The fourth-order valence-corrected chi connectivity index (χ4v) is 4.95. The third-order valence-electron chi connectivity index (χ3n) is 5.04. The smallest absolute Gasteiger partial charge is 0.214 e. The van der Waals surface area contributed by atoms with Crippen molar-refractivity contribution < 1.29 is 8.42 Å². The average molecular weight is 345 g/mol. The van der Waals surface area contributed by atoms with Crippen molar-refractivity contribution in [1.82, 2.24) is 14.6 Å². The summed E-state index contributed by atoms with van der Waals surface area (Å²) in [5, 5.41) is 1.08. The van der Waals surface area contributed by atoms with Gasteiger partial charge in [-0.25, -0.2) is 13.1 Å². The van der Waals surface area contributed by atoms with E-state index in [1.165, 1.54) is 10.9 Å². The second-order valence-electron chi connectivity index (χ2n) is 6.97. The summed E-state index contributed by atoms with van der Waals surface area (Å²) in [6.45, 7) is 3.44. The third kappa shape index (κ3) is 3.45. The molecule has 0 bridgehead atoms. The van der Waals surface area contributed by atoms with E-state index in [0.717, 1.165) is 44.4 Å². The summed E-state index contributed by atoms with van der Waals surface area (Å²) >= 11 is 0. The molecule has 1 saturated carbocycles. The van der Waals surface area contributed by atoms with Crippen molar-refractivity contribution in [2.24, 2.45) is 5.92 Å². The number of nitrogens with zero attached hydrogens (tertiary/aromatic N) is 2. The normalized spacial score (nSPS) is 22.2. The predicted octanol–water partition coefficient (Wildman–Crippen LogP) is 2.14. The van der Waals surface area contributed by atoms with Crippen LogP contribution in [-0.4, -0.2) is 43.2 Å². The number of nitrogens with one attached hydrogen (secondary N) is 1. The van der Waals surface area contributed by atoms with Gasteiger partial charge in [-0.05, 0) is 49.4 Å². The molecular weight excluding hydrogens is 322 g/mol. The van der Waals surface area contributed by atoms with Gasteiger partial charge in [0.05, 0.1) is 10.8 Å². The van der Waals surface area contributed by atoms with Crippen LogP contribution in [0.4, 0.5) is 0 Å². The zero-order valence-electron chi connectivity index (χ0n) is 13.7. The lowest BCUT2D eigenvalue weighted by Gasteiger charge is -2.17. The van der Waals surface area contributed by atoms with Crippen molar-refractivity contribution >= 4 is 20.9 Å². The topological polar surface area (TPSA) is 62.3 Å². The Hall–Kier alpha value is -1.50. The lowest BCUT2D eigenvalue weighted by molar-refractivity contribution is 0.317. The van der Waals surface area contributed by atoms with Crippen LogP contribution < -0.4 is 4.72 Å². The van der Waals surface area contributed by atoms with Crippen LogP contribution in [0.5, 0.6) is 0 Å². The second kappa shape index (κ2) is 6.43. The van der Waals surface area contributed by atoms with Crippen molar-refractivity contribution in [2.75, 3.05) is 19.6 Å². The van der Waals surface area contributed by atoms with Gasteiger partial charge in [0.15, 0.2) is 0 Å². The predicted molar refractivity (Wildman–Crippen MR) is 95.1 cm³/mol. The maximum atomic E-state index is 11.9. The van der Waals surface area contributed by atoms with Gasteiger partial charge in [-0.3, -0.25) is 9.88 Å². The molecule has 0 unspecified atom stereocenters. The standard InChI is InChI=1S/C18H23N3O2S/c22-24(23,16-5-6-16)20-11-14-8-10-21(12-14)13-15-7-9-19-18-4-2-1-3-17(15)18/h1-4,7,9,14,16,20H,5-6,8,10-13H2/t14-/m1/s1. The molecular formula is C18H23N3O2S. The summed E-state index contributed by atoms with van der Waals surface area (Å²) in [6.07, 6.45) is 4.56. The molecule has 5 nitrogen and oxygen atoms in total. The van der Waals surface area contributed by atoms with E-state index in [9.17, 15) is 8.42 Å². The average Bonchev–Trinajstić information content (AvgIpc) is 3.36. The minimum absolute atomic E-state index is 0.127. The van der Waals surface area contributed by atoms with E-state index in [1.54, 1.807) is 0 Å². The van der Waals surface area contributed by atoms with Crippen LogP contribution in [0.25, 0.3) is 10.9 Å². The van der Waals surface area contributed by atoms with Crippen LogP contribution >= 0.6 is 0 Å². The van der Waals surface area contributed by atoms with Crippen LogP contribution in [-0.2, 0) is 16.6 Å². The highest BCUT2D eigenvalue weighted by molar-refractivity contribution is 7.90. The lowest BCUT2D eigenvalue weighted by Crippen LogP contribution is -2.33. The first-order chi connectivity index (χ1) is 11.6. The summed E-state index contributed by atoms with van der Waals surface area (Å²) < 4.78 is 26.7. The molecule has 6 heteroatoms. The number of pyridine rings is 1. The van der Waals surface area contributed by atoms with E-state index < -0.39 is 10.0 Å². The van der Waals surface area contributed by atoms with E-state index in [4.69, 9.17) is 0 Å². The van der Waals surface area contributed by atoms with Gasteiger partial charge in [-0.15, -0.1) is 0 Å². The van der Waals surface area contributed by atoms with Crippen molar-refractivity contribution in [3.63, 3.8) is 0 Å². The molecule has 1 aromatic carbocycles. The lowest BCUT2D eigenvalue weighted by atomic mass is 10.1. The second-order valence-corrected chi connectivity index (χ2v) is 9.02.